The SMILES string of the molecule is CCCc1nc(NN)c(C)c(NC2CC2CC)n1. The molecule has 1 heterocycles. The maximum absolute atomic E-state index is 5.52. The molecule has 0 radical (unpaired) electrons. The molecule has 1 aromatic rings. The van der Waals surface area contributed by atoms with Gasteiger partial charge in [-0.05, 0) is 25.7 Å². The summed E-state index contributed by atoms with van der Waals surface area (Å²) in [5.41, 5.74) is 3.66. The van der Waals surface area contributed by atoms with Crippen LogP contribution in [0.25, 0.3) is 0 Å². The summed E-state index contributed by atoms with van der Waals surface area (Å²) in [7, 11) is 0. The zero-order valence-corrected chi connectivity index (χ0v) is 11.5. The number of nitrogen functional groups attached to an aromatic ring is 1. The van der Waals surface area contributed by atoms with Gasteiger partial charge in [0.2, 0.25) is 0 Å². The van der Waals surface area contributed by atoms with Gasteiger partial charge in [-0.25, -0.2) is 15.8 Å². The highest BCUT2D eigenvalue weighted by Crippen LogP contribution is 2.36. The Hall–Kier alpha value is -1.36. The summed E-state index contributed by atoms with van der Waals surface area (Å²) in [6.07, 6.45) is 4.39. The Bertz CT molecular complexity index is 418. The van der Waals surface area contributed by atoms with E-state index in [-0.39, 0.29) is 0 Å². The van der Waals surface area contributed by atoms with Gasteiger partial charge in [0.1, 0.15) is 17.5 Å². The van der Waals surface area contributed by atoms with Gasteiger partial charge in [0.15, 0.2) is 0 Å². The molecule has 1 fully saturated rings. The zero-order chi connectivity index (χ0) is 13.1. The van der Waals surface area contributed by atoms with Crippen LogP contribution in [-0.4, -0.2) is 16.0 Å². The van der Waals surface area contributed by atoms with Crippen molar-refractivity contribution in [1.82, 2.24) is 9.97 Å². The van der Waals surface area contributed by atoms with Crippen molar-refractivity contribution in [2.75, 3.05) is 10.7 Å². The summed E-state index contributed by atoms with van der Waals surface area (Å²) >= 11 is 0. The molecule has 0 amide bonds. The van der Waals surface area contributed by atoms with Crippen LogP contribution in [0, 0.1) is 12.8 Å². The van der Waals surface area contributed by atoms with Gasteiger partial charge in [-0.1, -0.05) is 20.3 Å². The fraction of sp³-hybridized carbons (Fsp3) is 0.692. The van der Waals surface area contributed by atoms with Gasteiger partial charge in [-0.3, -0.25) is 0 Å². The monoisotopic (exact) mass is 249 g/mol. The van der Waals surface area contributed by atoms with Crippen LogP contribution in [0.4, 0.5) is 11.6 Å². The Morgan fingerprint density at radius 2 is 2.00 bits per heavy atom. The third kappa shape index (κ3) is 2.72. The standard InChI is InChI=1S/C13H23N5/c1-4-6-11-16-12(8(3)13(17-11)18-14)15-10-7-9(10)5-2/h9-10H,4-7,14H2,1-3H3,(H2,15,16,17,18). The Balaban J connectivity index is 2.18. The number of hydrogen-bond donors (Lipinski definition) is 3. The smallest absolute Gasteiger partial charge is 0.148 e. The number of aromatic nitrogens is 2. The lowest BCUT2D eigenvalue weighted by Crippen LogP contribution is -2.16. The fourth-order valence-electron chi connectivity index (χ4n) is 2.23. The van der Waals surface area contributed by atoms with E-state index in [2.05, 4.69) is 34.6 Å². The Morgan fingerprint density at radius 3 is 2.56 bits per heavy atom. The second kappa shape index (κ2) is 5.52. The average Bonchev–Trinajstić information content (AvgIpc) is 3.12. The maximum Gasteiger partial charge on any atom is 0.148 e. The molecule has 18 heavy (non-hydrogen) atoms. The zero-order valence-electron chi connectivity index (χ0n) is 11.5. The number of anilines is 2. The molecule has 5 nitrogen and oxygen atoms in total. The molecule has 100 valence electrons. The molecule has 4 N–H and O–H groups in total. The van der Waals surface area contributed by atoms with Crippen LogP contribution in [0.15, 0.2) is 0 Å². The van der Waals surface area contributed by atoms with E-state index in [0.717, 1.165) is 41.8 Å². The third-order valence-corrected chi connectivity index (χ3v) is 3.57. The minimum atomic E-state index is 0.573. The molecule has 1 aliphatic rings. The van der Waals surface area contributed by atoms with Gasteiger partial charge in [0, 0.05) is 18.0 Å². The number of hydrogen-bond acceptors (Lipinski definition) is 5. The van der Waals surface area contributed by atoms with Gasteiger partial charge in [0.05, 0.1) is 0 Å². The summed E-state index contributed by atoms with van der Waals surface area (Å²) in [6, 6.07) is 0.573. The first kappa shape index (κ1) is 13.1. The van der Waals surface area contributed by atoms with Gasteiger partial charge in [-0.15, -0.1) is 0 Å². The second-order valence-corrected chi connectivity index (χ2v) is 5.01. The summed E-state index contributed by atoms with van der Waals surface area (Å²) in [5.74, 6) is 8.82. The summed E-state index contributed by atoms with van der Waals surface area (Å²) in [4.78, 5) is 9.02. The Kier molecular flexibility index (Phi) is 4.01. The van der Waals surface area contributed by atoms with Gasteiger partial charge in [-0.2, -0.15) is 0 Å². The van der Waals surface area contributed by atoms with E-state index < -0.39 is 0 Å². The van der Waals surface area contributed by atoms with E-state index in [4.69, 9.17) is 5.84 Å². The van der Waals surface area contributed by atoms with E-state index in [9.17, 15) is 0 Å². The second-order valence-electron chi connectivity index (χ2n) is 5.01. The summed E-state index contributed by atoms with van der Waals surface area (Å²) in [5, 5.41) is 3.51. The highest BCUT2D eigenvalue weighted by molar-refractivity contribution is 5.57. The molecule has 0 aliphatic heterocycles. The number of hydrazine groups is 1. The summed E-state index contributed by atoms with van der Waals surface area (Å²) in [6.45, 7) is 6.35. The van der Waals surface area contributed by atoms with Crippen LogP contribution >= 0.6 is 0 Å². The molecule has 5 heteroatoms. The molecule has 0 spiro atoms. The first-order valence-corrected chi connectivity index (χ1v) is 6.80. The lowest BCUT2D eigenvalue weighted by atomic mass is 10.2. The van der Waals surface area contributed by atoms with Crippen molar-refractivity contribution >= 4 is 11.6 Å². The maximum atomic E-state index is 5.52. The van der Waals surface area contributed by atoms with Crippen molar-refractivity contribution in [2.24, 2.45) is 11.8 Å². The molecule has 0 aromatic carbocycles. The van der Waals surface area contributed by atoms with E-state index in [1.54, 1.807) is 0 Å². The topological polar surface area (TPSA) is 75.9 Å². The molecule has 2 atom stereocenters. The Morgan fingerprint density at radius 1 is 1.28 bits per heavy atom. The van der Waals surface area contributed by atoms with E-state index in [0.29, 0.717) is 6.04 Å². The third-order valence-electron chi connectivity index (χ3n) is 3.57. The lowest BCUT2D eigenvalue weighted by Gasteiger charge is -2.13. The first-order valence-electron chi connectivity index (χ1n) is 6.80. The Labute approximate surface area is 109 Å². The number of nitrogens with two attached hydrogens (primary N) is 1. The van der Waals surface area contributed by atoms with E-state index in [1.165, 1.54) is 12.8 Å². The molecule has 0 saturated heterocycles. The predicted molar refractivity (Wildman–Crippen MR) is 74.4 cm³/mol. The minimum absolute atomic E-state index is 0.573. The number of aryl methyl sites for hydroxylation is 1. The summed E-state index contributed by atoms with van der Waals surface area (Å²) < 4.78 is 0. The number of nitrogens with zero attached hydrogens (tertiary/aromatic N) is 2. The minimum Gasteiger partial charge on any atom is -0.367 e. The van der Waals surface area contributed by atoms with Crippen molar-refractivity contribution in [3.8, 4) is 0 Å². The van der Waals surface area contributed by atoms with Crippen LogP contribution in [0.2, 0.25) is 0 Å². The number of nitrogens with one attached hydrogen (secondary N) is 2. The van der Waals surface area contributed by atoms with Gasteiger partial charge < -0.3 is 10.7 Å². The quantitative estimate of drug-likeness (QED) is 0.532. The molecule has 1 aromatic heterocycles. The predicted octanol–water partition coefficient (Wildman–Crippen LogP) is 2.23. The van der Waals surface area contributed by atoms with Gasteiger partial charge >= 0.3 is 0 Å². The van der Waals surface area contributed by atoms with Crippen molar-refractivity contribution in [1.29, 1.82) is 0 Å². The van der Waals surface area contributed by atoms with Crippen LogP contribution in [0.3, 0.4) is 0 Å². The van der Waals surface area contributed by atoms with Crippen LogP contribution in [0.1, 0.15) is 44.5 Å². The van der Waals surface area contributed by atoms with Crippen molar-refractivity contribution < 1.29 is 0 Å². The molecule has 2 unspecified atom stereocenters. The molecular weight excluding hydrogens is 226 g/mol. The molecule has 1 saturated carbocycles. The largest absolute Gasteiger partial charge is 0.367 e. The lowest BCUT2D eigenvalue weighted by molar-refractivity contribution is 0.770. The molecule has 1 aliphatic carbocycles. The first-order chi connectivity index (χ1) is 8.69. The van der Waals surface area contributed by atoms with Crippen LogP contribution < -0.4 is 16.6 Å². The van der Waals surface area contributed by atoms with Crippen molar-refractivity contribution in [3.05, 3.63) is 11.4 Å². The van der Waals surface area contributed by atoms with E-state index in [1.807, 2.05) is 6.92 Å². The number of rotatable bonds is 6. The van der Waals surface area contributed by atoms with Gasteiger partial charge in [0.25, 0.3) is 0 Å². The van der Waals surface area contributed by atoms with Crippen molar-refractivity contribution in [2.45, 2.75) is 52.5 Å². The molecule has 2 rings (SSSR count). The van der Waals surface area contributed by atoms with E-state index >= 15 is 0 Å². The van der Waals surface area contributed by atoms with Crippen LogP contribution in [-0.2, 0) is 6.42 Å². The molecule has 0 bridgehead atoms. The van der Waals surface area contributed by atoms with Crippen molar-refractivity contribution in [3.63, 3.8) is 0 Å². The van der Waals surface area contributed by atoms with Crippen LogP contribution in [0.5, 0.6) is 0 Å². The fourth-order valence-corrected chi connectivity index (χ4v) is 2.23. The average molecular weight is 249 g/mol. The highest BCUT2D eigenvalue weighted by Gasteiger charge is 2.35. The highest BCUT2D eigenvalue weighted by atomic mass is 15.3. The molecular formula is C13H23N5. The normalized spacial score (nSPS) is 21.8.